The van der Waals surface area contributed by atoms with Crippen LogP contribution in [0.3, 0.4) is 0 Å². The molecule has 1 aromatic rings. The maximum atomic E-state index is 13.4. The van der Waals surface area contributed by atoms with Crippen LogP contribution in [0.5, 0.6) is 0 Å². The first-order valence-corrected chi connectivity index (χ1v) is 15.0. The van der Waals surface area contributed by atoms with Crippen molar-refractivity contribution in [3.05, 3.63) is 48.6 Å². The van der Waals surface area contributed by atoms with Crippen LogP contribution in [0, 0.1) is 0 Å². The molecule has 1 aliphatic heterocycles. The van der Waals surface area contributed by atoms with Gasteiger partial charge in [-0.05, 0) is 43.7 Å². The lowest BCUT2D eigenvalue weighted by atomic mass is 10.0. The molecule has 1 heterocycles. The molecule has 0 aromatic heterocycles. The minimum absolute atomic E-state index is 0.0822. The van der Waals surface area contributed by atoms with Crippen molar-refractivity contribution in [3.63, 3.8) is 0 Å². The Hall–Kier alpha value is -2.92. The molecule has 1 atom stereocenters. The summed E-state index contributed by atoms with van der Waals surface area (Å²) in [6.45, 7) is 4.99. The SMILES string of the molecule is C=CC(=O)NCCCCC(NC(=O)OCc1ccccc1)C(=O)N1CCN(S(=O)(=O)C2CCCCC2)CC1. The average molecular weight is 549 g/mol. The van der Waals surface area contributed by atoms with Crippen molar-refractivity contribution in [1.82, 2.24) is 19.8 Å². The minimum Gasteiger partial charge on any atom is -0.445 e. The summed E-state index contributed by atoms with van der Waals surface area (Å²) in [5.74, 6) is -0.521. The minimum atomic E-state index is -3.37. The van der Waals surface area contributed by atoms with Crippen LogP contribution in [0.1, 0.15) is 56.9 Å². The number of unbranched alkanes of at least 4 members (excludes halogenated alkanes) is 1. The molecule has 10 nitrogen and oxygen atoms in total. The van der Waals surface area contributed by atoms with Crippen LogP contribution >= 0.6 is 0 Å². The Labute approximate surface area is 225 Å². The van der Waals surface area contributed by atoms with E-state index in [1.807, 2.05) is 30.3 Å². The number of carbonyl (C=O) groups excluding carboxylic acids is 3. The van der Waals surface area contributed by atoms with E-state index >= 15 is 0 Å². The molecule has 2 fully saturated rings. The molecule has 38 heavy (non-hydrogen) atoms. The molecule has 11 heteroatoms. The summed E-state index contributed by atoms with van der Waals surface area (Å²) in [7, 11) is -3.37. The Morgan fingerprint density at radius 1 is 1.03 bits per heavy atom. The fraction of sp³-hybridized carbons (Fsp3) is 0.593. The highest BCUT2D eigenvalue weighted by molar-refractivity contribution is 7.89. The summed E-state index contributed by atoms with van der Waals surface area (Å²) < 4.78 is 33.0. The maximum absolute atomic E-state index is 13.4. The molecule has 3 amide bonds. The van der Waals surface area contributed by atoms with E-state index in [-0.39, 0.29) is 49.9 Å². The van der Waals surface area contributed by atoms with E-state index in [4.69, 9.17) is 4.74 Å². The lowest BCUT2D eigenvalue weighted by Gasteiger charge is -2.38. The van der Waals surface area contributed by atoms with Gasteiger partial charge >= 0.3 is 6.09 Å². The number of nitrogens with one attached hydrogen (secondary N) is 2. The standard InChI is InChI=1S/C27H40N4O6S/c1-2-25(32)28-16-10-9-15-24(29-27(34)37-21-22-11-5-3-6-12-22)26(33)30-17-19-31(20-18-30)38(35,36)23-13-7-4-8-14-23/h2-3,5-6,11-12,23-24H,1,4,7-10,13-21H2,(H,28,32)(H,29,34). The predicted octanol–water partition coefficient (Wildman–Crippen LogP) is 2.56. The van der Waals surface area contributed by atoms with Gasteiger partial charge in [0.1, 0.15) is 12.6 Å². The fourth-order valence-electron chi connectivity index (χ4n) is 4.88. The van der Waals surface area contributed by atoms with Crippen molar-refractivity contribution < 1.29 is 27.5 Å². The number of carbonyl (C=O) groups is 3. The van der Waals surface area contributed by atoms with Crippen molar-refractivity contribution >= 4 is 27.9 Å². The number of ether oxygens (including phenoxy) is 1. The molecule has 0 spiro atoms. The van der Waals surface area contributed by atoms with E-state index in [9.17, 15) is 22.8 Å². The first-order valence-electron chi connectivity index (χ1n) is 13.5. The number of benzene rings is 1. The average Bonchev–Trinajstić information content (AvgIpc) is 2.95. The van der Waals surface area contributed by atoms with Gasteiger partial charge < -0.3 is 20.3 Å². The smallest absolute Gasteiger partial charge is 0.408 e. The second-order valence-electron chi connectivity index (χ2n) is 9.78. The Morgan fingerprint density at radius 2 is 1.71 bits per heavy atom. The quantitative estimate of drug-likeness (QED) is 0.306. The molecule has 210 valence electrons. The Bertz CT molecular complexity index is 1030. The number of hydrogen-bond donors (Lipinski definition) is 2. The number of hydrogen-bond acceptors (Lipinski definition) is 6. The molecular weight excluding hydrogens is 508 g/mol. The van der Waals surface area contributed by atoms with E-state index < -0.39 is 22.2 Å². The summed E-state index contributed by atoms with van der Waals surface area (Å²) in [5.41, 5.74) is 0.832. The zero-order valence-electron chi connectivity index (χ0n) is 22.0. The van der Waals surface area contributed by atoms with Crippen LogP contribution in [-0.4, -0.2) is 79.5 Å². The zero-order chi connectivity index (χ0) is 27.4. The largest absolute Gasteiger partial charge is 0.445 e. The summed E-state index contributed by atoms with van der Waals surface area (Å²) >= 11 is 0. The van der Waals surface area contributed by atoms with E-state index in [1.54, 1.807) is 4.90 Å². The second-order valence-corrected chi connectivity index (χ2v) is 12.0. The number of alkyl carbamates (subject to hydrolysis) is 1. The van der Waals surface area contributed by atoms with Gasteiger partial charge in [-0.1, -0.05) is 56.2 Å². The van der Waals surface area contributed by atoms with Crippen LogP contribution in [0.25, 0.3) is 0 Å². The summed E-state index contributed by atoms with van der Waals surface area (Å²) in [6.07, 6.45) is 6.44. The van der Waals surface area contributed by atoms with Gasteiger partial charge in [0.05, 0.1) is 5.25 Å². The molecule has 1 unspecified atom stereocenters. The highest BCUT2D eigenvalue weighted by Crippen LogP contribution is 2.26. The van der Waals surface area contributed by atoms with Gasteiger partial charge in [-0.2, -0.15) is 4.31 Å². The van der Waals surface area contributed by atoms with Gasteiger partial charge in [-0.15, -0.1) is 0 Å². The van der Waals surface area contributed by atoms with Crippen LogP contribution in [0.15, 0.2) is 43.0 Å². The molecular formula is C27H40N4O6S. The second kappa shape index (κ2) is 14.9. The molecule has 1 saturated carbocycles. The third-order valence-corrected chi connectivity index (χ3v) is 9.49. The molecule has 2 N–H and O–H groups in total. The van der Waals surface area contributed by atoms with E-state index in [0.717, 1.165) is 24.8 Å². The number of nitrogens with zero attached hydrogens (tertiary/aromatic N) is 2. The van der Waals surface area contributed by atoms with Crippen molar-refractivity contribution in [3.8, 4) is 0 Å². The number of rotatable bonds is 12. The van der Waals surface area contributed by atoms with E-state index in [0.29, 0.717) is 38.6 Å². The van der Waals surface area contributed by atoms with Gasteiger partial charge in [0.25, 0.3) is 0 Å². The van der Waals surface area contributed by atoms with Crippen LogP contribution in [0.2, 0.25) is 0 Å². The van der Waals surface area contributed by atoms with E-state index in [2.05, 4.69) is 17.2 Å². The van der Waals surface area contributed by atoms with Gasteiger partial charge in [-0.3, -0.25) is 9.59 Å². The normalized spacial score (nSPS) is 17.8. The fourth-order valence-corrected chi connectivity index (χ4v) is 6.90. The molecule has 1 saturated heterocycles. The van der Waals surface area contributed by atoms with Crippen molar-refractivity contribution in [2.75, 3.05) is 32.7 Å². The molecule has 0 radical (unpaired) electrons. The molecule has 2 aliphatic rings. The van der Waals surface area contributed by atoms with Crippen molar-refractivity contribution in [1.29, 1.82) is 0 Å². The van der Waals surface area contributed by atoms with Gasteiger partial charge in [0.2, 0.25) is 21.8 Å². The molecule has 1 aromatic carbocycles. The van der Waals surface area contributed by atoms with Crippen molar-refractivity contribution in [2.24, 2.45) is 0 Å². The van der Waals surface area contributed by atoms with Crippen LogP contribution in [0.4, 0.5) is 4.79 Å². The Balaban J connectivity index is 1.55. The first kappa shape index (κ1) is 29.6. The van der Waals surface area contributed by atoms with Gasteiger partial charge in [0, 0.05) is 32.7 Å². The van der Waals surface area contributed by atoms with Gasteiger partial charge in [0.15, 0.2) is 0 Å². The molecule has 3 rings (SSSR count). The zero-order valence-corrected chi connectivity index (χ0v) is 22.8. The summed E-state index contributed by atoms with van der Waals surface area (Å²) in [5, 5.41) is 5.07. The topological polar surface area (TPSA) is 125 Å². The lowest BCUT2D eigenvalue weighted by Crippen LogP contribution is -2.56. The number of sulfonamides is 1. The van der Waals surface area contributed by atoms with Crippen LogP contribution < -0.4 is 10.6 Å². The highest BCUT2D eigenvalue weighted by atomic mass is 32.2. The third kappa shape index (κ3) is 8.83. The number of amides is 3. The monoisotopic (exact) mass is 548 g/mol. The van der Waals surface area contributed by atoms with E-state index in [1.165, 1.54) is 10.4 Å². The predicted molar refractivity (Wildman–Crippen MR) is 145 cm³/mol. The Morgan fingerprint density at radius 3 is 2.37 bits per heavy atom. The number of piperazine rings is 1. The lowest BCUT2D eigenvalue weighted by molar-refractivity contribution is -0.134. The molecule has 0 bridgehead atoms. The summed E-state index contributed by atoms with van der Waals surface area (Å²) in [4.78, 5) is 38.9. The highest BCUT2D eigenvalue weighted by Gasteiger charge is 2.36. The molecule has 1 aliphatic carbocycles. The third-order valence-electron chi connectivity index (χ3n) is 7.09. The maximum Gasteiger partial charge on any atom is 0.408 e. The summed E-state index contributed by atoms with van der Waals surface area (Å²) in [6, 6.07) is 8.44. The van der Waals surface area contributed by atoms with Crippen molar-refractivity contribution in [2.45, 2.75) is 69.3 Å². The first-order chi connectivity index (χ1) is 18.3. The van der Waals surface area contributed by atoms with Crippen LogP contribution in [-0.2, 0) is 31.0 Å². The van der Waals surface area contributed by atoms with Gasteiger partial charge in [-0.25, -0.2) is 13.2 Å². The Kier molecular flexibility index (Phi) is 11.6.